The first-order valence-electron chi connectivity index (χ1n) is 11.7. The number of hydrogen-bond donors (Lipinski definition) is 1. The number of nitrogens with zero attached hydrogens (tertiary/aromatic N) is 2. The lowest BCUT2D eigenvalue weighted by Crippen LogP contribution is -2.51. The molecule has 0 bridgehead atoms. The second kappa shape index (κ2) is 12.4. The lowest BCUT2D eigenvalue weighted by atomic mass is 9.93. The Kier molecular flexibility index (Phi) is 9.60. The number of halogens is 2. The van der Waals surface area contributed by atoms with Crippen molar-refractivity contribution in [1.29, 1.82) is 0 Å². The van der Waals surface area contributed by atoms with Gasteiger partial charge in [0.05, 0.1) is 40.8 Å². The fraction of sp³-hybridized carbons (Fsp3) is 0.480. The second-order valence-electron chi connectivity index (χ2n) is 8.34. The number of nitrogens with one attached hydrogen (secondary N) is 1. The number of benzene rings is 1. The van der Waals surface area contributed by atoms with E-state index in [2.05, 4.69) is 16.8 Å². The van der Waals surface area contributed by atoms with E-state index in [0.29, 0.717) is 66.0 Å². The molecule has 2 amide bonds. The SMILES string of the molecule is C=CCN1C(=O)NC(c2ccc(Cl)c(Cl)c2)C(C(=O)OCC)=C1CN1CCC(C(=O)OCC)CC1. The van der Waals surface area contributed by atoms with Crippen LogP contribution in [0.5, 0.6) is 0 Å². The van der Waals surface area contributed by atoms with E-state index in [-0.39, 0.29) is 31.1 Å². The van der Waals surface area contributed by atoms with Crippen LogP contribution in [0, 0.1) is 5.92 Å². The maximum absolute atomic E-state index is 13.2. The molecule has 35 heavy (non-hydrogen) atoms. The number of likely N-dealkylation sites (tertiary alicyclic amines) is 1. The van der Waals surface area contributed by atoms with Crippen molar-refractivity contribution in [2.45, 2.75) is 32.7 Å². The van der Waals surface area contributed by atoms with Crippen LogP contribution in [0.1, 0.15) is 38.3 Å². The molecule has 2 aliphatic heterocycles. The van der Waals surface area contributed by atoms with Gasteiger partial charge in [-0.2, -0.15) is 0 Å². The molecule has 0 aliphatic carbocycles. The van der Waals surface area contributed by atoms with Crippen LogP contribution in [0.25, 0.3) is 0 Å². The quantitative estimate of drug-likeness (QED) is 0.382. The highest BCUT2D eigenvalue weighted by atomic mass is 35.5. The molecule has 2 heterocycles. The topological polar surface area (TPSA) is 88.2 Å². The van der Waals surface area contributed by atoms with Gasteiger partial charge < -0.3 is 14.8 Å². The van der Waals surface area contributed by atoms with Gasteiger partial charge in [0.2, 0.25) is 0 Å². The van der Waals surface area contributed by atoms with Gasteiger partial charge in [0.1, 0.15) is 0 Å². The van der Waals surface area contributed by atoms with Gasteiger partial charge in [0.15, 0.2) is 0 Å². The maximum Gasteiger partial charge on any atom is 0.338 e. The molecule has 1 fully saturated rings. The van der Waals surface area contributed by atoms with Crippen LogP contribution >= 0.6 is 23.2 Å². The van der Waals surface area contributed by atoms with E-state index in [9.17, 15) is 14.4 Å². The lowest BCUT2D eigenvalue weighted by molar-refractivity contribution is -0.149. The molecule has 0 aromatic heterocycles. The third kappa shape index (κ3) is 6.37. The Labute approximate surface area is 215 Å². The normalized spacial score (nSPS) is 19.4. The summed E-state index contributed by atoms with van der Waals surface area (Å²) in [6.45, 7) is 9.65. The van der Waals surface area contributed by atoms with E-state index in [1.165, 1.54) is 4.90 Å². The average Bonchev–Trinajstić information content (AvgIpc) is 2.83. The van der Waals surface area contributed by atoms with E-state index < -0.39 is 12.0 Å². The molecule has 0 radical (unpaired) electrons. The zero-order valence-electron chi connectivity index (χ0n) is 20.0. The highest BCUT2D eigenvalue weighted by molar-refractivity contribution is 6.42. The summed E-state index contributed by atoms with van der Waals surface area (Å²) in [5, 5.41) is 3.60. The summed E-state index contributed by atoms with van der Waals surface area (Å²) >= 11 is 12.3. The number of hydrogen-bond acceptors (Lipinski definition) is 6. The van der Waals surface area contributed by atoms with Crippen LogP contribution in [-0.4, -0.2) is 67.2 Å². The van der Waals surface area contributed by atoms with Gasteiger partial charge in [0, 0.05) is 18.8 Å². The predicted octanol–water partition coefficient (Wildman–Crippen LogP) is 4.34. The van der Waals surface area contributed by atoms with Gasteiger partial charge in [-0.3, -0.25) is 14.6 Å². The number of piperidine rings is 1. The van der Waals surface area contributed by atoms with E-state index in [4.69, 9.17) is 32.7 Å². The minimum Gasteiger partial charge on any atom is -0.466 e. The van der Waals surface area contributed by atoms with Gasteiger partial charge in [-0.15, -0.1) is 6.58 Å². The molecule has 2 aliphatic rings. The van der Waals surface area contributed by atoms with Gasteiger partial charge in [-0.05, 0) is 57.5 Å². The maximum atomic E-state index is 13.2. The Morgan fingerprint density at radius 3 is 2.43 bits per heavy atom. The molecular weight excluding hydrogens is 493 g/mol. The van der Waals surface area contributed by atoms with Gasteiger partial charge >= 0.3 is 18.0 Å². The Bertz CT molecular complexity index is 1000. The molecule has 1 atom stereocenters. The molecule has 190 valence electrons. The van der Waals surface area contributed by atoms with Crippen LogP contribution in [0.2, 0.25) is 10.0 Å². The molecule has 0 spiro atoms. The Morgan fingerprint density at radius 1 is 1.14 bits per heavy atom. The third-order valence-corrected chi connectivity index (χ3v) is 6.84. The van der Waals surface area contributed by atoms with Gasteiger partial charge in [0.25, 0.3) is 0 Å². The fourth-order valence-corrected chi connectivity index (χ4v) is 4.69. The van der Waals surface area contributed by atoms with Crippen LogP contribution in [-0.2, 0) is 19.1 Å². The third-order valence-electron chi connectivity index (χ3n) is 6.10. The molecular formula is C25H31Cl2N3O5. The van der Waals surface area contributed by atoms with Crippen LogP contribution in [0.4, 0.5) is 4.79 Å². The van der Waals surface area contributed by atoms with Crippen LogP contribution < -0.4 is 5.32 Å². The summed E-state index contributed by atoms with van der Waals surface area (Å²) in [4.78, 5) is 42.2. The first kappa shape index (κ1) is 27.0. The Morgan fingerprint density at radius 2 is 1.83 bits per heavy atom. The minimum atomic E-state index is -0.760. The van der Waals surface area contributed by atoms with E-state index in [1.54, 1.807) is 38.1 Å². The molecule has 3 rings (SSSR count). The molecule has 1 aromatic carbocycles. The summed E-state index contributed by atoms with van der Waals surface area (Å²) in [5.74, 6) is -0.842. The van der Waals surface area contributed by atoms with Crippen LogP contribution in [0.15, 0.2) is 42.1 Å². The van der Waals surface area contributed by atoms with E-state index in [0.717, 1.165) is 0 Å². The second-order valence-corrected chi connectivity index (χ2v) is 9.15. The Hall–Kier alpha value is -2.55. The number of urea groups is 1. The van der Waals surface area contributed by atoms with Crippen molar-refractivity contribution in [3.05, 3.63) is 57.7 Å². The van der Waals surface area contributed by atoms with Crippen molar-refractivity contribution in [3.63, 3.8) is 0 Å². The number of esters is 2. The largest absolute Gasteiger partial charge is 0.466 e. The Balaban J connectivity index is 1.98. The van der Waals surface area contributed by atoms with Crippen molar-refractivity contribution in [2.24, 2.45) is 5.92 Å². The number of amides is 2. The summed E-state index contributed by atoms with van der Waals surface area (Å²) in [5.41, 5.74) is 1.49. The van der Waals surface area contributed by atoms with E-state index in [1.807, 2.05) is 0 Å². The summed E-state index contributed by atoms with van der Waals surface area (Å²) in [7, 11) is 0. The highest BCUT2D eigenvalue weighted by Gasteiger charge is 2.39. The first-order chi connectivity index (χ1) is 16.8. The zero-order chi connectivity index (χ0) is 25.5. The number of ether oxygens (including phenoxy) is 2. The summed E-state index contributed by atoms with van der Waals surface area (Å²) in [6, 6.07) is 3.88. The van der Waals surface area contributed by atoms with Crippen LogP contribution in [0.3, 0.4) is 0 Å². The van der Waals surface area contributed by atoms with Gasteiger partial charge in [-0.1, -0.05) is 35.3 Å². The molecule has 1 saturated heterocycles. The molecule has 0 saturated carbocycles. The standard InChI is InChI=1S/C25H31Cl2N3O5/c1-4-11-30-20(15-29-12-9-16(10-13-29)23(31)34-5-2)21(24(32)35-6-3)22(28-25(30)33)17-7-8-18(26)19(27)14-17/h4,7-8,14,16,22H,1,5-6,9-13,15H2,2-3H3,(H,28,33). The van der Waals surface area contributed by atoms with Gasteiger partial charge in [-0.25, -0.2) is 9.59 Å². The fourth-order valence-electron chi connectivity index (χ4n) is 4.39. The van der Waals surface area contributed by atoms with Crippen molar-refractivity contribution in [3.8, 4) is 0 Å². The monoisotopic (exact) mass is 523 g/mol. The molecule has 1 N–H and O–H groups in total. The number of carbonyl (C=O) groups is 3. The number of rotatable bonds is 9. The van der Waals surface area contributed by atoms with Crippen molar-refractivity contribution < 1.29 is 23.9 Å². The predicted molar refractivity (Wildman–Crippen MR) is 134 cm³/mol. The summed E-state index contributed by atoms with van der Waals surface area (Å²) < 4.78 is 10.6. The number of carbonyl (C=O) groups excluding carboxylic acids is 3. The highest BCUT2D eigenvalue weighted by Crippen LogP contribution is 2.35. The lowest BCUT2D eigenvalue weighted by Gasteiger charge is -2.39. The van der Waals surface area contributed by atoms with Crippen molar-refractivity contribution in [1.82, 2.24) is 15.1 Å². The van der Waals surface area contributed by atoms with E-state index >= 15 is 0 Å². The first-order valence-corrected chi connectivity index (χ1v) is 12.5. The molecule has 1 unspecified atom stereocenters. The summed E-state index contributed by atoms with van der Waals surface area (Å²) in [6.07, 6.45) is 2.89. The average molecular weight is 524 g/mol. The zero-order valence-corrected chi connectivity index (χ0v) is 21.5. The smallest absolute Gasteiger partial charge is 0.338 e. The molecule has 1 aromatic rings. The van der Waals surface area contributed by atoms with Crippen molar-refractivity contribution in [2.75, 3.05) is 39.4 Å². The van der Waals surface area contributed by atoms with Crippen molar-refractivity contribution >= 4 is 41.2 Å². The molecule has 8 nitrogen and oxygen atoms in total. The minimum absolute atomic E-state index is 0.146. The molecule has 10 heteroatoms.